The third-order valence-electron chi connectivity index (χ3n) is 4.46. The number of aromatic nitrogens is 1. The molecule has 0 spiro atoms. The Morgan fingerprint density at radius 1 is 1.16 bits per heavy atom. The Hall–Kier alpha value is -2.82. The maximum absolute atomic E-state index is 12.9. The number of fused-ring (bicyclic) bond motifs is 1. The number of halogens is 1. The van der Waals surface area contributed by atoms with Gasteiger partial charge in [-0.05, 0) is 60.2 Å². The average molecular weight is 338 g/mol. The molecule has 1 heterocycles. The molecule has 1 aliphatic carbocycles. The minimum absolute atomic E-state index is 0.0348. The van der Waals surface area contributed by atoms with Crippen LogP contribution in [-0.2, 0) is 11.3 Å². The summed E-state index contributed by atoms with van der Waals surface area (Å²) in [6.45, 7) is 0.540. The van der Waals surface area contributed by atoms with E-state index in [0.717, 1.165) is 29.3 Å². The predicted molar refractivity (Wildman–Crippen MR) is 93.8 cm³/mol. The molecule has 1 aromatic heterocycles. The zero-order valence-corrected chi connectivity index (χ0v) is 13.7. The Morgan fingerprint density at radius 3 is 2.72 bits per heavy atom. The molecule has 0 atom stereocenters. The summed E-state index contributed by atoms with van der Waals surface area (Å²) in [4.78, 5) is 17.7. The van der Waals surface area contributed by atoms with Gasteiger partial charge in [-0.25, -0.2) is 4.39 Å². The van der Waals surface area contributed by atoms with Gasteiger partial charge in [0.2, 0.25) is 0 Å². The van der Waals surface area contributed by atoms with Crippen molar-refractivity contribution in [1.29, 1.82) is 0 Å². The molecule has 0 aliphatic heterocycles. The molecule has 0 bridgehead atoms. The summed E-state index contributed by atoms with van der Waals surface area (Å²) in [6, 6.07) is 14.2. The van der Waals surface area contributed by atoms with E-state index in [-0.39, 0.29) is 18.3 Å². The number of amides is 1. The van der Waals surface area contributed by atoms with Gasteiger partial charge >= 0.3 is 0 Å². The molecule has 0 unspecified atom stereocenters. The highest BCUT2D eigenvalue weighted by Crippen LogP contribution is 2.29. The molecule has 1 fully saturated rings. The van der Waals surface area contributed by atoms with Gasteiger partial charge < -0.3 is 14.6 Å². The fourth-order valence-electron chi connectivity index (χ4n) is 2.96. The maximum Gasteiger partial charge on any atom is 0.261 e. The molecule has 1 N–H and O–H groups in total. The number of aromatic amines is 1. The molecular weight excluding hydrogens is 319 g/mol. The summed E-state index contributed by atoms with van der Waals surface area (Å²) in [5.74, 6) is 0.134. The number of hydrogen-bond donors (Lipinski definition) is 1. The quantitative estimate of drug-likeness (QED) is 0.741. The van der Waals surface area contributed by atoms with Crippen molar-refractivity contribution in [2.75, 3.05) is 6.61 Å². The molecule has 0 radical (unpaired) electrons. The van der Waals surface area contributed by atoms with Crippen LogP contribution in [0.4, 0.5) is 4.39 Å². The third-order valence-corrected chi connectivity index (χ3v) is 4.46. The summed E-state index contributed by atoms with van der Waals surface area (Å²) in [5.41, 5.74) is 2.17. The number of ether oxygens (including phenoxy) is 1. The fraction of sp³-hybridized carbons (Fsp3) is 0.250. The van der Waals surface area contributed by atoms with Crippen LogP contribution in [0.25, 0.3) is 10.9 Å². The molecular formula is C20H19FN2O2. The van der Waals surface area contributed by atoms with Crippen LogP contribution in [0.5, 0.6) is 5.75 Å². The summed E-state index contributed by atoms with van der Waals surface area (Å²) in [7, 11) is 0. The first-order valence-electron chi connectivity index (χ1n) is 8.43. The van der Waals surface area contributed by atoms with Crippen LogP contribution in [0.1, 0.15) is 18.4 Å². The smallest absolute Gasteiger partial charge is 0.261 e. The molecule has 0 saturated heterocycles. The van der Waals surface area contributed by atoms with Gasteiger partial charge in [-0.1, -0.05) is 12.1 Å². The zero-order valence-electron chi connectivity index (χ0n) is 13.7. The second-order valence-electron chi connectivity index (χ2n) is 6.39. The first-order valence-corrected chi connectivity index (χ1v) is 8.43. The standard InChI is InChI=1S/C20H19FN2O2/c21-16-3-7-18(8-4-16)25-13-20(24)23(17-5-6-17)12-14-1-2-15-9-10-22-19(15)11-14/h1-4,7-11,17,22H,5-6,12-13H2. The second-order valence-corrected chi connectivity index (χ2v) is 6.39. The first-order chi connectivity index (χ1) is 12.2. The van der Waals surface area contributed by atoms with Crippen molar-refractivity contribution in [3.8, 4) is 5.75 Å². The van der Waals surface area contributed by atoms with Crippen LogP contribution in [0.2, 0.25) is 0 Å². The highest BCUT2D eigenvalue weighted by Gasteiger charge is 2.32. The van der Waals surface area contributed by atoms with Crippen LogP contribution >= 0.6 is 0 Å². The predicted octanol–water partition coefficient (Wildman–Crippen LogP) is 3.88. The third kappa shape index (κ3) is 3.65. The van der Waals surface area contributed by atoms with Gasteiger partial charge in [-0.2, -0.15) is 0 Å². The largest absolute Gasteiger partial charge is 0.484 e. The van der Waals surface area contributed by atoms with E-state index in [1.54, 1.807) is 0 Å². The van der Waals surface area contributed by atoms with Gasteiger partial charge in [0.05, 0.1) is 0 Å². The summed E-state index contributed by atoms with van der Waals surface area (Å²) >= 11 is 0. The number of rotatable bonds is 6. The van der Waals surface area contributed by atoms with Crippen molar-refractivity contribution in [1.82, 2.24) is 9.88 Å². The number of hydrogen-bond acceptors (Lipinski definition) is 2. The highest BCUT2D eigenvalue weighted by molar-refractivity contribution is 5.81. The summed E-state index contributed by atoms with van der Waals surface area (Å²) < 4.78 is 18.4. The van der Waals surface area contributed by atoms with Crippen molar-refractivity contribution >= 4 is 16.8 Å². The molecule has 2 aromatic carbocycles. The van der Waals surface area contributed by atoms with Crippen LogP contribution in [0.3, 0.4) is 0 Å². The van der Waals surface area contributed by atoms with E-state index >= 15 is 0 Å². The number of H-pyrrole nitrogens is 1. The van der Waals surface area contributed by atoms with Crippen LogP contribution in [0, 0.1) is 5.82 Å². The molecule has 1 saturated carbocycles. The Bertz CT molecular complexity index is 884. The molecule has 4 nitrogen and oxygen atoms in total. The van der Waals surface area contributed by atoms with Gasteiger partial charge in [0.1, 0.15) is 11.6 Å². The van der Waals surface area contributed by atoms with Gasteiger partial charge in [-0.3, -0.25) is 4.79 Å². The lowest BCUT2D eigenvalue weighted by atomic mass is 10.1. The van der Waals surface area contributed by atoms with Crippen molar-refractivity contribution in [2.45, 2.75) is 25.4 Å². The molecule has 1 amide bonds. The lowest BCUT2D eigenvalue weighted by Crippen LogP contribution is -2.36. The number of carbonyl (C=O) groups excluding carboxylic acids is 1. The van der Waals surface area contributed by atoms with Crippen molar-refractivity contribution in [3.63, 3.8) is 0 Å². The molecule has 5 heteroatoms. The van der Waals surface area contributed by atoms with E-state index in [4.69, 9.17) is 4.74 Å². The molecule has 25 heavy (non-hydrogen) atoms. The normalized spacial score (nSPS) is 13.8. The first kappa shape index (κ1) is 15.7. The summed E-state index contributed by atoms with van der Waals surface area (Å²) in [6.07, 6.45) is 3.98. The van der Waals surface area contributed by atoms with E-state index in [2.05, 4.69) is 23.2 Å². The fourth-order valence-corrected chi connectivity index (χ4v) is 2.96. The van der Waals surface area contributed by atoms with Gasteiger partial charge in [0.25, 0.3) is 5.91 Å². The van der Waals surface area contributed by atoms with Gasteiger partial charge in [0.15, 0.2) is 6.61 Å². The van der Waals surface area contributed by atoms with E-state index in [0.29, 0.717) is 18.3 Å². The number of nitrogens with zero attached hydrogens (tertiary/aromatic N) is 1. The van der Waals surface area contributed by atoms with Crippen molar-refractivity contribution in [3.05, 3.63) is 66.1 Å². The number of nitrogens with one attached hydrogen (secondary N) is 1. The lowest BCUT2D eigenvalue weighted by Gasteiger charge is -2.22. The molecule has 3 aromatic rings. The summed E-state index contributed by atoms with van der Waals surface area (Å²) in [5, 5.41) is 1.16. The monoisotopic (exact) mass is 338 g/mol. The number of benzene rings is 2. The molecule has 128 valence electrons. The van der Waals surface area contributed by atoms with Crippen LogP contribution in [0.15, 0.2) is 54.7 Å². The topological polar surface area (TPSA) is 45.3 Å². The van der Waals surface area contributed by atoms with Crippen molar-refractivity contribution < 1.29 is 13.9 Å². The highest BCUT2D eigenvalue weighted by atomic mass is 19.1. The van der Waals surface area contributed by atoms with Gasteiger partial charge in [0, 0.05) is 24.3 Å². The van der Waals surface area contributed by atoms with Crippen LogP contribution < -0.4 is 4.74 Å². The Labute approximate surface area is 145 Å². The minimum Gasteiger partial charge on any atom is -0.484 e. The SMILES string of the molecule is O=C(COc1ccc(F)cc1)N(Cc1ccc2cc[nH]c2c1)C1CC1. The zero-order chi connectivity index (χ0) is 17.2. The minimum atomic E-state index is -0.321. The van der Waals surface area contributed by atoms with E-state index in [1.807, 2.05) is 17.2 Å². The maximum atomic E-state index is 12.9. The van der Waals surface area contributed by atoms with E-state index in [1.165, 1.54) is 24.3 Å². The lowest BCUT2D eigenvalue weighted by molar-refractivity contribution is -0.134. The van der Waals surface area contributed by atoms with Crippen molar-refractivity contribution in [2.24, 2.45) is 0 Å². The van der Waals surface area contributed by atoms with Gasteiger partial charge in [-0.15, -0.1) is 0 Å². The second kappa shape index (κ2) is 6.59. The Morgan fingerprint density at radius 2 is 1.96 bits per heavy atom. The van der Waals surface area contributed by atoms with E-state index < -0.39 is 0 Å². The number of carbonyl (C=O) groups is 1. The van der Waals surface area contributed by atoms with E-state index in [9.17, 15) is 9.18 Å². The molecule has 1 aliphatic rings. The Kier molecular flexibility index (Phi) is 4.14. The van der Waals surface area contributed by atoms with Crippen LogP contribution in [-0.4, -0.2) is 28.4 Å². The molecule has 4 rings (SSSR count). The average Bonchev–Trinajstić information content (AvgIpc) is 3.36. The Balaban J connectivity index is 1.43.